The smallest absolute Gasteiger partial charge is 0.267 e. The summed E-state index contributed by atoms with van der Waals surface area (Å²) in [6.45, 7) is 0. The lowest BCUT2D eigenvalue weighted by atomic mass is 10.1. The van der Waals surface area contributed by atoms with Gasteiger partial charge < -0.3 is 0 Å². The SMILES string of the molecule is O=C1c2ccccc2C(=O)N1N1C2/C=C\CCCCC21. The number of hydrazine groups is 1. The van der Waals surface area contributed by atoms with Crippen LogP contribution in [0, 0.1) is 0 Å². The third kappa shape index (κ3) is 1.58. The topological polar surface area (TPSA) is 40.4 Å². The highest BCUT2D eigenvalue weighted by atomic mass is 16.2. The number of fused-ring (bicyclic) bond motifs is 2. The summed E-state index contributed by atoms with van der Waals surface area (Å²) in [6.07, 6.45) is 8.82. The van der Waals surface area contributed by atoms with Gasteiger partial charge in [0.15, 0.2) is 0 Å². The van der Waals surface area contributed by atoms with Crippen molar-refractivity contribution in [3.05, 3.63) is 47.5 Å². The first-order valence-corrected chi connectivity index (χ1v) is 7.22. The fraction of sp³-hybridized carbons (Fsp3) is 0.375. The molecule has 4 nitrogen and oxygen atoms in total. The lowest BCUT2D eigenvalue weighted by Crippen LogP contribution is -2.37. The molecule has 3 aliphatic rings. The number of imide groups is 1. The summed E-state index contributed by atoms with van der Waals surface area (Å²) in [7, 11) is 0. The number of benzene rings is 1. The van der Waals surface area contributed by atoms with Crippen LogP contribution in [0.25, 0.3) is 0 Å². The average molecular weight is 268 g/mol. The fourth-order valence-electron chi connectivity index (χ4n) is 3.33. The highest BCUT2D eigenvalue weighted by Crippen LogP contribution is 2.40. The van der Waals surface area contributed by atoms with E-state index in [2.05, 4.69) is 12.2 Å². The Morgan fingerprint density at radius 1 is 1.00 bits per heavy atom. The number of allylic oxidation sites excluding steroid dienone is 1. The Kier molecular flexibility index (Phi) is 2.54. The maximum Gasteiger partial charge on any atom is 0.276 e. The quantitative estimate of drug-likeness (QED) is 0.446. The minimum absolute atomic E-state index is 0.175. The van der Waals surface area contributed by atoms with E-state index in [0.29, 0.717) is 17.2 Å². The number of carbonyl (C=O) groups is 2. The monoisotopic (exact) mass is 268 g/mol. The summed E-state index contributed by atoms with van der Waals surface area (Å²) in [5.41, 5.74) is 1.06. The molecule has 1 fully saturated rings. The van der Waals surface area contributed by atoms with Gasteiger partial charge in [-0.25, -0.2) is 5.01 Å². The number of amides is 2. The molecular weight excluding hydrogens is 252 g/mol. The van der Waals surface area contributed by atoms with Gasteiger partial charge in [0.1, 0.15) is 0 Å². The first-order valence-electron chi connectivity index (χ1n) is 7.22. The minimum atomic E-state index is -0.175. The minimum Gasteiger partial charge on any atom is -0.267 e. The number of hydrogen-bond donors (Lipinski definition) is 0. The number of nitrogens with zero attached hydrogens (tertiary/aromatic N) is 2. The summed E-state index contributed by atoms with van der Waals surface area (Å²) in [5.74, 6) is -0.350. The highest BCUT2D eigenvalue weighted by molar-refractivity contribution is 6.21. The Bertz CT molecular complexity index is 588. The number of hydrogen-bond acceptors (Lipinski definition) is 3. The van der Waals surface area contributed by atoms with Gasteiger partial charge in [-0.15, -0.1) is 0 Å². The second-order valence-corrected chi connectivity index (χ2v) is 5.62. The van der Waals surface area contributed by atoms with Crippen LogP contribution in [0.5, 0.6) is 0 Å². The molecule has 3 atom stereocenters. The molecule has 0 radical (unpaired) electrons. The van der Waals surface area contributed by atoms with Crippen LogP contribution in [-0.2, 0) is 0 Å². The molecule has 4 heteroatoms. The molecule has 0 spiro atoms. The van der Waals surface area contributed by atoms with E-state index in [0.717, 1.165) is 19.3 Å². The zero-order valence-corrected chi connectivity index (χ0v) is 11.2. The van der Waals surface area contributed by atoms with Gasteiger partial charge in [-0.2, -0.15) is 5.01 Å². The van der Waals surface area contributed by atoms with Crippen molar-refractivity contribution < 1.29 is 9.59 Å². The molecular formula is C16H16N2O2. The second-order valence-electron chi connectivity index (χ2n) is 5.62. The van der Waals surface area contributed by atoms with E-state index in [9.17, 15) is 9.59 Å². The van der Waals surface area contributed by atoms with E-state index in [1.807, 2.05) is 5.01 Å². The molecule has 2 aliphatic heterocycles. The lowest BCUT2D eigenvalue weighted by molar-refractivity contribution is 0.0351. The van der Waals surface area contributed by atoms with Crippen LogP contribution in [0.2, 0.25) is 0 Å². The lowest BCUT2D eigenvalue weighted by Gasteiger charge is -2.15. The molecule has 1 aromatic carbocycles. The maximum atomic E-state index is 12.4. The molecule has 1 saturated heterocycles. The van der Waals surface area contributed by atoms with E-state index in [1.165, 1.54) is 11.4 Å². The van der Waals surface area contributed by atoms with Crippen molar-refractivity contribution in [3.63, 3.8) is 0 Å². The van der Waals surface area contributed by atoms with Crippen molar-refractivity contribution in [2.45, 2.75) is 37.8 Å². The molecule has 2 heterocycles. The van der Waals surface area contributed by atoms with Gasteiger partial charge in [-0.1, -0.05) is 30.7 Å². The second kappa shape index (κ2) is 4.28. The van der Waals surface area contributed by atoms with Crippen molar-refractivity contribution in [2.75, 3.05) is 0 Å². The number of carbonyl (C=O) groups excluding carboxylic acids is 2. The van der Waals surface area contributed by atoms with Crippen LogP contribution < -0.4 is 0 Å². The molecule has 3 unspecified atom stereocenters. The van der Waals surface area contributed by atoms with Crippen LogP contribution in [0.1, 0.15) is 46.4 Å². The molecule has 20 heavy (non-hydrogen) atoms. The van der Waals surface area contributed by atoms with E-state index in [4.69, 9.17) is 0 Å². The first-order chi connectivity index (χ1) is 9.79. The van der Waals surface area contributed by atoms with Gasteiger partial charge in [0.05, 0.1) is 23.2 Å². The summed E-state index contributed by atoms with van der Waals surface area (Å²) < 4.78 is 0. The predicted octanol–water partition coefficient (Wildman–Crippen LogP) is 2.38. The van der Waals surface area contributed by atoms with Crippen molar-refractivity contribution in [2.24, 2.45) is 0 Å². The molecule has 1 aromatic rings. The van der Waals surface area contributed by atoms with Crippen LogP contribution in [0.15, 0.2) is 36.4 Å². The highest BCUT2D eigenvalue weighted by Gasteiger charge is 2.55. The molecule has 4 rings (SSSR count). The van der Waals surface area contributed by atoms with Gasteiger partial charge in [-0.3, -0.25) is 9.59 Å². The van der Waals surface area contributed by atoms with Gasteiger partial charge in [0.25, 0.3) is 11.8 Å². The van der Waals surface area contributed by atoms with Crippen molar-refractivity contribution >= 4 is 11.8 Å². The van der Waals surface area contributed by atoms with Crippen molar-refractivity contribution in [1.29, 1.82) is 0 Å². The van der Waals surface area contributed by atoms with Gasteiger partial charge in [0.2, 0.25) is 0 Å². The van der Waals surface area contributed by atoms with Crippen molar-refractivity contribution in [1.82, 2.24) is 10.0 Å². The van der Waals surface area contributed by atoms with E-state index < -0.39 is 0 Å². The molecule has 0 bridgehead atoms. The summed E-state index contributed by atoms with van der Waals surface area (Å²) in [4.78, 5) is 24.9. The normalized spacial score (nSPS) is 33.2. The van der Waals surface area contributed by atoms with Gasteiger partial charge >= 0.3 is 0 Å². The average Bonchev–Trinajstić information content (AvgIpc) is 3.01. The van der Waals surface area contributed by atoms with Gasteiger partial charge in [0, 0.05) is 0 Å². The summed E-state index contributed by atoms with van der Waals surface area (Å²) in [5, 5.41) is 3.31. The van der Waals surface area contributed by atoms with E-state index >= 15 is 0 Å². The van der Waals surface area contributed by atoms with Crippen LogP contribution in [0.4, 0.5) is 0 Å². The largest absolute Gasteiger partial charge is 0.276 e. The maximum absolute atomic E-state index is 12.4. The van der Waals surface area contributed by atoms with Crippen LogP contribution in [0.3, 0.4) is 0 Å². The summed E-state index contributed by atoms with van der Waals surface area (Å²) in [6, 6.07) is 7.61. The molecule has 2 amide bonds. The Morgan fingerprint density at radius 2 is 1.70 bits per heavy atom. The first kappa shape index (κ1) is 11.9. The third-order valence-corrected chi connectivity index (χ3v) is 4.41. The van der Waals surface area contributed by atoms with E-state index in [-0.39, 0.29) is 17.9 Å². The molecule has 0 aromatic heterocycles. The Morgan fingerprint density at radius 3 is 2.40 bits per heavy atom. The van der Waals surface area contributed by atoms with Gasteiger partial charge in [-0.05, 0) is 31.4 Å². The Balaban J connectivity index is 1.65. The summed E-state index contributed by atoms with van der Waals surface area (Å²) >= 11 is 0. The van der Waals surface area contributed by atoms with Crippen molar-refractivity contribution in [3.8, 4) is 0 Å². The third-order valence-electron chi connectivity index (χ3n) is 4.41. The zero-order chi connectivity index (χ0) is 13.7. The molecule has 102 valence electrons. The molecule has 1 aliphatic carbocycles. The van der Waals surface area contributed by atoms with Crippen LogP contribution in [-0.4, -0.2) is 33.9 Å². The number of rotatable bonds is 1. The fourth-order valence-corrected chi connectivity index (χ4v) is 3.33. The van der Waals surface area contributed by atoms with Crippen LogP contribution >= 0.6 is 0 Å². The Hall–Kier alpha value is -1.94. The zero-order valence-electron chi connectivity index (χ0n) is 11.2. The predicted molar refractivity (Wildman–Crippen MR) is 74.0 cm³/mol. The standard InChI is InChI=1S/C16H16N2O2/c19-15-11-7-5-6-8-12(11)16(20)18(15)17-13-9-3-1-2-4-10-14(13)17/h3,5-9,13-14H,1-2,4,10H2/b9-3-. The molecule has 0 saturated carbocycles. The Labute approximate surface area is 117 Å². The molecule has 0 N–H and O–H groups in total. The van der Waals surface area contributed by atoms with E-state index in [1.54, 1.807) is 24.3 Å².